The summed E-state index contributed by atoms with van der Waals surface area (Å²) in [6.07, 6.45) is 4.70. The van der Waals surface area contributed by atoms with Crippen LogP contribution in [0, 0.1) is 24.6 Å². The average Bonchev–Trinajstić information content (AvgIpc) is 3.21. The molecule has 1 aliphatic rings. The molecule has 7 heteroatoms. The number of hydrogen-bond donors (Lipinski definition) is 1. The van der Waals surface area contributed by atoms with Gasteiger partial charge in [-0.15, -0.1) is 0 Å². The third kappa shape index (κ3) is 6.39. The zero-order valence-corrected chi connectivity index (χ0v) is 21.1. The lowest BCUT2D eigenvalue weighted by Gasteiger charge is -2.28. The number of carboxylic acid groups (broad SMARTS) is 1. The highest BCUT2D eigenvalue weighted by molar-refractivity contribution is 5.83. The summed E-state index contributed by atoms with van der Waals surface area (Å²) in [6.45, 7) is 3.43. The predicted molar refractivity (Wildman–Crippen MR) is 137 cm³/mol. The number of halogens is 1. The molecule has 0 unspecified atom stereocenters. The second-order valence-corrected chi connectivity index (χ2v) is 9.74. The monoisotopic (exact) mass is 494 g/mol. The number of aryl methyl sites for hydroxylation is 1. The Morgan fingerprint density at radius 1 is 1.11 bits per heavy atom. The van der Waals surface area contributed by atoms with E-state index in [9.17, 15) is 4.79 Å². The van der Waals surface area contributed by atoms with Crippen LogP contribution in [0.15, 0.2) is 48.5 Å². The molecule has 1 aromatic heterocycles. The summed E-state index contributed by atoms with van der Waals surface area (Å²) in [7, 11) is 1.68. The second-order valence-electron chi connectivity index (χ2n) is 9.74. The number of carboxylic acids is 1. The summed E-state index contributed by atoms with van der Waals surface area (Å²) in [5.41, 5.74) is 5.03. The van der Waals surface area contributed by atoms with Crippen molar-refractivity contribution in [2.24, 2.45) is 11.8 Å². The molecule has 0 bridgehead atoms. The second kappa shape index (κ2) is 12.3. The molecule has 2 aromatic carbocycles. The van der Waals surface area contributed by atoms with E-state index in [4.69, 9.17) is 19.7 Å². The van der Waals surface area contributed by atoms with Crippen molar-refractivity contribution in [2.75, 3.05) is 26.9 Å². The first-order valence-corrected chi connectivity index (χ1v) is 12.7. The fraction of sp³-hybridized carbons (Fsp3) is 0.448. The summed E-state index contributed by atoms with van der Waals surface area (Å²) in [5.74, 6) is -0.335. The highest BCUT2D eigenvalue weighted by Crippen LogP contribution is 2.38. The van der Waals surface area contributed by atoms with Gasteiger partial charge in [-0.25, -0.2) is 9.18 Å². The van der Waals surface area contributed by atoms with Crippen LogP contribution < -0.4 is 0 Å². The van der Waals surface area contributed by atoms with Gasteiger partial charge in [0.1, 0.15) is 18.1 Å². The maximum absolute atomic E-state index is 15.3. The van der Waals surface area contributed by atoms with Crippen molar-refractivity contribution in [3.05, 3.63) is 65.6 Å². The van der Waals surface area contributed by atoms with Gasteiger partial charge < -0.3 is 14.6 Å². The van der Waals surface area contributed by atoms with Gasteiger partial charge in [-0.05, 0) is 56.1 Å². The Labute approximate surface area is 212 Å². The molecule has 0 aliphatic heterocycles. The van der Waals surface area contributed by atoms with E-state index >= 15 is 4.39 Å². The third-order valence-electron chi connectivity index (χ3n) is 7.02. The average molecular weight is 495 g/mol. The van der Waals surface area contributed by atoms with Gasteiger partial charge in [-0.1, -0.05) is 42.5 Å². The van der Waals surface area contributed by atoms with E-state index in [2.05, 4.69) is 4.68 Å². The van der Waals surface area contributed by atoms with Crippen molar-refractivity contribution in [1.82, 2.24) is 9.78 Å². The maximum atomic E-state index is 15.3. The summed E-state index contributed by atoms with van der Waals surface area (Å²) < 4.78 is 28.1. The van der Waals surface area contributed by atoms with E-state index in [-0.39, 0.29) is 12.4 Å². The quantitative estimate of drug-likeness (QED) is 0.367. The lowest BCUT2D eigenvalue weighted by Crippen LogP contribution is -2.24. The number of methoxy groups -OCH3 is 1. The molecule has 1 N–H and O–H groups in total. The van der Waals surface area contributed by atoms with Gasteiger partial charge in [0, 0.05) is 42.5 Å². The lowest BCUT2D eigenvalue weighted by atomic mass is 9.82. The molecule has 6 nitrogen and oxygen atoms in total. The van der Waals surface area contributed by atoms with Gasteiger partial charge in [0.2, 0.25) is 0 Å². The Morgan fingerprint density at radius 2 is 1.83 bits per heavy atom. The first-order chi connectivity index (χ1) is 17.5. The fourth-order valence-corrected chi connectivity index (χ4v) is 5.14. The van der Waals surface area contributed by atoms with E-state index in [1.54, 1.807) is 13.2 Å². The number of carbonyl (C=O) groups is 1. The van der Waals surface area contributed by atoms with E-state index in [1.807, 2.05) is 49.4 Å². The molecular formula is C29H35FN2O4. The minimum Gasteiger partial charge on any atom is -0.480 e. The first kappa shape index (κ1) is 26.0. The van der Waals surface area contributed by atoms with Crippen LogP contribution in [-0.2, 0) is 27.2 Å². The van der Waals surface area contributed by atoms with Gasteiger partial charge in [0.25, 0.3) is 0 Å². The van der Waals surface area contributed by atoms with Crippen LogP contribution in [-0.4, -0.2) is 47.8 Å². The van der Waals surface area contributed by atoms with Gasteiger partial charge in [0.05, 0.1) is 13.2 Å². The number of benzene rings is 2. The molecule has 1 heterocycles. The maximum Gasteiger partial charge on any atom is 0.329 e. The topological polar surface area (TPSA) is 73.6 Å². The zero-order valence-electron chi connectivity index (χ0n) is 21.1. The fourth-order valence-electron chi connectivity index (χ4n) is 5.14. The number of nitrogens with zero attached hydrogens (tertiary/aromatic N) is 2. The number of aromatic nitrogens is 2. The molecule has 1 aliphatic carbocycles. The molecule has 0 spiro atoms. The molecule has 4 rings (SSSR count). The number of rotatable bonds is 11. The molecule has 1 fully saturated rings. The van der Waals surface area contributed by atoms with Gasteiger partial charge in [-0.3, -0.25) is 4.68 Å². The molecular weight excluding hydrogens is 459 g/mol. The Morgan fingerprint density at radius 3 is 2.50 bits per heavy atom. The SMILES string of the molecule is COCCc1c(-c2ccc(C)cc2F)c(-c2ccccc2)nn1C[C@H]1CC[C@@H](COCC(=O)O)CC1. The van der Waals surface area contributed by atoms with Crippen LogP contribution in [0.5, 0.6) is 0 Å². The van der Waals surface area contributed by atoms with Crippen LogP contribution in [0.2, 0.25) is 0 Å². The van der Waals surface area contributed by atoms with Crippen LogP contribution in [0.4, 0.5) is 4.39 Å². The smallest absolute Gasteiger partial charge is 0.329 e. The van der Waals surface area contributed by atoms with Crippen molar-refractivity contribution in [1.29, 1.82) is 0 Å². The zero-order chi connectivity index (χ0) is 25.5. The van der Waals surface area contributed by atoms with Crippen molar-refractivity contribution in [3.63, 3.8) is 0 Å². The minimum atomic E-state index is -0.930. The van der Waals surface area contributed by atoms with E-state index in [0.29, 0.717) is 37.0 Å². The number of ether oxygens (including phenoxy) is 2. The highest BCUT2D eigenvalue weighted by atomic mass is 19.1. The van der Waals surface area contributed by atoms with Crippen molar-refractivity contribution in [2.45, 2.75) is 45.6 Å². The molecule has 3 aromatic rings. The lowest BCUT2D eigenvalue weighted by molar-refractivity contribution is -0.142. The van der Waals surface area contributed by atoms with Crippen LogP contribution in [0.25, 0.3) is 22.4 Å². The Bertz CT molecular complexity index is 1150. The van der Waals surface area contributed by atoms with E-state index in [0.717, 1.165) is 60.3 Å². The standard InChI is InChI=1S/C29H35FN2O4/c1-20-8-13-24(25(30)16-20)28-26(14-15-35-2)32(31-29(28)23-6-4-3-5-7-23)17-21-9-11-22(12-10-21)18-36-19-27(33)34/h3-8,13,16,21-22H,9-12,14-15,17-19H2,1-2H3,(H,33,34)/t21-,22+. The van der Waals surface area contributed by atoms with Crippen molar-refractivity contribution in [3.8, 4) is 22.4 Å². The molecule has 0 saturated heterocycles. The molecule has 0 atom stereocenters. The third-order valence-corrected chi connectivity index (χ3v) is 7.02. The largest absolute Gasteiger partial charge is 0.480 e. The Kier molecular flexibility index (Phi) is 8.88. The number of aliphatic carboxylic acids is 1. The van der Waals surface area contributed by atoms with Gasteiger partial charge in [0.15, 0.2) is 0 Å². The van der Waals surface area contributed by atoms with Crippen molar-refractivity contribution >= 4 is 5.97 Å². The summed E-state index contributed by atoms with van der Waals surface area (Å²) in [6, 6.07) is 15.3. The molecule has 192 valence electrons. The summed E-state index contributed by atoms with van der Waals surface area (Å²) in [4.78, 5) is 10.7. The number of hydrogen-bond acceptors (Lipinski definition) is 4. The summed E-state index contributed by atoms with van der Waals surface area (Å²) in [5, 5.41) is 13.8. The molecule has 0 radical (unpaired) electrons. The van der Waals surface area contributed by atoms with Crippen molar-refractivity contribution < 1.29 is 23.8 Å². The molecule has 36 heavy (non-hydrogen) atoms. The van der Waals surface area contributed by atoms with Crippen LogP contribution in [0.1, 0.15) is 36.9 Å². The Balaban J connectivity index is 1.63. The molecule has 0 amide bonds. The minimum absolute atomic E-state index is 0.239. The molecule has 1 saturated carbocycles. The van der Waals surface area contributed by atoms with Crippen LogP contribution in [0.3, 0.4) is 0 Å². The van der Waals surface area contributed by atoms with E-state index < -0.39 is 5.97 Å². The Hall–Kier alpha value is -3.03. The van der Waals surface area contributed by atoms with Gasteiger partial charge >= 0.3 is 5.97 Å². The predicted octanol–water partition coefficient (Wildman–Crippen LogP) is 5.76. The normalized spacial score (nSPS) is 17.9. The van der Waals surface area contributed by atoms with E-state index in [1.165, 1.54) is 0 Å². The van der Waals surface area contributed by atoms with Gasteiger partial charge in [-0.2, -0.15) is 5.10 Å². The highest BCUT2D eigenvalue weighted by Gasteiger charge is 2.27. The van der Waals surface area contributed by atoms with Crippen LogP contribution >= 0.6 is 0 Å². The first-order valence-electron chi connectivity index (χ1n) is 12.7. The summed E-state index contributed by atoms with van der Waals surface area (Å²) >= 11 is 0.